The average Bonchev–Trinajstić information content (AvgIpc) is 3.08. The van der Waals surface area contributed by atoms with Gasteiger partial charge in [-0.3, -0.25) is 0 Å². The number of epoxide rings is 1. The third kappa shape index (κ3) is 4.63. The minimum absolute atomic E-state index is 0.0175. The summed E-state index contributed by atoms with van der Waals surface area (Å²) < 4.78 is 16.0. The monoisotopic (exact) mass is 229 g/mol. The van der Waals surface area contributed by atoms with Crippen molar-refractivity contribution in [2.24, 2.45) is 0 Å². The molecule has 0 aromatic heterocycles. The molecule has 1 aliphatic heterocycles. The van der Waals surface area contributed by atoms with Crippen molar-refractivity contribution >= 4 is 10.5 Å². The van der Waals surface area contributed by atoms with Gasteiger partial charge >= 0.3 is 0 Å². The van der Waals surface area contributed by atoms with Crippen molar-refractivity contribution in [3.63, 3.8) is 0 Å². The first-order chi connectivity index (χ1) is 7.26. The molecule has 1 unspecified atom stereocenters. The summed E-state index contributed by atoms with van der Waals surface area (Å²) in [4.78, 5) is 0. The van der Waals surface area contributed by atoms with Crippen molar-refractivity contribution in [3.05, 3.63) is 0 Å². The van der Waals surface area contributed by atoms with Gasteiger partial charge in [0.25, 0.3) is 0 Å². The molecule has 1 fully saturated rings. The Bertz CT molecular complexity index is 159. The summed E-state index contributed by atoms with van der Waals surface area (Å²) in [5, 5.41) is 0. The smallest absolute Gasteiger partial charge is 0.247 e. The maximum absolute atomic E-state index is 5.49. The van der Waals surface area contributed by atoms with Crippen LogP contribution in [0.4, 0.5) is 0 Å². The zero-order valence-electron chi connectivity index (χ0n) is 9.75. The molecule has 0 amide bonds. The fraction of sp³-hybridized carbons (Fsp3) is 1.00. The molecule has 3 nitrogen and oxygen atoms in total. The Morgan fingerprint density at radius 3 is 2.53 bits per heavy atom. The highest BCUT2D eigenvalue weighted by atomic mass is 28.2. The minimum Gasteiger partial charge on any atom is -0.413 e. The van der Waals surface area contributed by atoms with E-state index >= 15 is 0 Å². The van der Waals surface area contributed by atoms with Crippen LogP contribution < -0.4 is 0 Å². The standard InChI is InChI=1S/C11H21O3Si/c1-3-11(4-2,14-15)6-5-7-12-8-10-9-13-10/h10H,3-9H2,1-2H3. The molecule has 0 saturated carbocycles. The lowest BCUT2D eigenvalue weighted by Gasteiger charge is -2.30. The molecule has 0 N–H and O–H groups in total. The van der Waals surface area contributed by atoms with E-state index in [0.717, 1.165) is 45.5 Å². The van der Waals surface area contributed by atoms with Crippen LogP contribution in [0.25, 0.3) is 0 Å². The summed E-state index contributed by atoms with van der Waals surface area (Å²) in [5.74, 6) is 0. The van der Waals surface area contributed by atoms with Crippen LogP contribution in [0, 0.1) is 0 Å². The summed E-state index contributed by atoms with van der Waals surface area (Å²) in [7, 11) is 3.18. The van der Waals surface area contributed by atoms with Crippen LogP contribution in [0.2, 0.25) is 0 Å². The van der Waals surface area contributed by atoms with Crippen LogP contribution in [0.15, 0.2) is 0 Å². The highest BCUT2D eigenvalue weighted by molar-refractivity contribution is 5.98. The number of ether oxygens (including phenoxy) is 2. The third-order valence-corrected chi connectivity index (χ3v) is 3.57. The average molecular weight is 229 g/mol. The van der Waals surface area contributed by atoms with Gasteiger partial charge in [-0.05, 0) is 25.7 Å². The molecule has 0 aliphatic carbocycles. The van der Waals surface area contributed by atoms with Gasteiger partial charge in [-0.1, -0.05) is 13.8 Å². The fourth-order valence-electron chi connectivity index (χ4n) is 1.67. The van der Waals surface area contributed by atoms with Crippen molar-refractivity contribution < 1.29 is 13.9 Å². The molecule has 1 rings (SSSR count). The van der Waals surface area contributed by atoms with E-state index in [4.69, 9.17) is 13.9 Å². The SMILES string of the molecule is CCC(CC)(CCCOCC1CO1)O[Si]. The van der Waals surface area contributed by atoms with Crippen molar-refractivity contribution in [2.75, 3.05) is 19.8 Å². The summed E-state index contributed by atoms with van der Waals surface area (Å²) in [6.45, 7) is 6.74. The van der Waals surface area contributed by atoms with Gasteiger partial charge in [0.05, 0.1) is 18.8 Å². The summed E-state index contributed by atoms with van der Waals surface area (Å²) >= 11 is 0. The molecule has 0 spiro atoms. The van der Waals surface area contributed by atoms with Gasteiger partial charge in [0, 0.05) is 6.61 Å². The molecule has 0 aromatic rings. The van der Waals surface area contributed by atoms with Gasteiger partial charge in [-0.2, -0.15) is 0 Å². The van der Waals surface area contributed by atoms with Gasteiger partial charge < -0.3 is 13.9 Å². The topological polar surface area (TPSA) is 31.0 Å². The first-order valence-electron chi connectivity index (χ1n) is 5.80. The first kappa shape index (κ1) is 13.2. The Morgan fingerprint density at radius 1 is 1.40 bits per heavy atom. The molecule has 1 saturated heterocycles. The predicted octanol–water partition coefficient (Wildman–Crippen LogP) is 1.84. The van der Waals surface area contributed by atoms with Crippen LogP contribution in [-0.2, 0) is 13.9 Å². The molecule has 4 heteroatoms. The van der Waals surface area contributed by atoms with Gasteiger partial charge in [0.2, 0.25) is 10.5 Å². The highest BCUT2D eigenvalue weighted by Gasteiger charge is 2.25. The number of rotatable bonds is 9. The lowest BCUT2D eigenvalue weighted by Crippen LogP contribution is -2.30. The van der Waals surface area contributed by atoms with Crippen molar-refractivity contribution in [2.45, 2.75) is 51.2 Å². The molecule has 1 heterocycles. The van der Waals surface area contributed by atoms with E-state index in [9.17, 15) is 0 Å². The molecular weight excluding hydrogens is 208 g/mol. The predicted molar refractivity (Wildman–Crippen MR) is 59.9 cm³/mol. The lowest BCUT2D eigenvalue weighted by atomic mass is 9.92. The highest BCUT2D eigenvalue weighted by Crippen LogP contribution is 2.25. The van der Waals surface area contributed by atoms with Gasteiger partial charge in [0.15, 0.2) is 0 Å². The molecule has 0 aromatic carbocycles. The van der Waals surface area contributed by atoms with E-state index in [0.29, 0.717) is 6.10 Å². The van der Waals surface area contributed by atoms with Gasteiger partial charge in [0.1, 0.15) is 6.10 Å². The van der Waals surface area contributed by atoms with E-state index in [1.165, 1.54) is 0 Å². The van der Waals surface area contributed by atoms with E-state index in [1.807, 2.05) is 0 Å². The Kier molecular flexibility index (Phi) is 5.82. The van der Waals surface area contributed by atoms with Crippen LogP contribution in [0.3, 0.4) is 0 Å². The maximum atomic E-state index is 5.49. The van der Waals surface area contributed by atoms with Gasteiger partial charge in [-0.15, -0.1) is 0 Å². The molecule has 1 aliphatic rings. The maximum Gasteiger partial charge on any atom is 0.247 e. The van der Waals surface area contributed by atoms with E-state index < -0.39 is 0 Å². The molecule has 3 radical (unpaired) electrons. The molecule has 0 bridgehead atoms. The number of hydrogen-bond donors (Lipinski definition) is 0. The minimum atomic E-state index is -0.0175. The van der Waals surface area contributed by atoms with Crippen molar-refractivity contribution in [3.8, 4) is 0 Å². The van der Waals surface area contributed by atoms with Crippen LogP contribution in [0.5, 0.6) is 0 Å². The summed E-state index contributed by atoms with van der Waals surface area (Å²) in [6, 6.07) is 0. The second kappa shape index (κ2) is 6.63. The molecule has 87 valence electrons. The van der Waals surface area contributed by atoms with E-state index in [2.05, 4.69) is 24.3 Å². The fourth-order valence-corrected chi connectivity index (χ4v) is 2.07. The van der Waals surface area contributed by atoms with Gasteiger partial charge in [-0.25, -0.2) is 0 Å². The largest absolute Gasteiger partial charge is 0.413 e. The molecule has 1 atom stereocenters. The van der Waals surface area contributed by atoms with Crippen LogP contribution in [0.1, 0.15) is 39.5 Å². The summed E-state index contributed by atoms with van der Waals surface area (Å²) in [5.41, 5.74) is -0.0175. The zero-order valence-corrected chi connectivity index (χ0v) is 10.8. The Hall–Kier alpha value is 0.0969. The molecular formula is C11H21O3Si. The quantitative estimate of drug-likeness (QED) is 0.343. The van der Waals surface area contributed by atoms with Crippen LogP contribution >= 0.6 is 0 Å². The summed E-state index contributed by atoms with van der Waals surface area (Å²) in [6.07, 6.45) is 4.50. The van der Waals surface area contributed by atoms with E-state index in [-0.39, 0.29) is 5.60 Å². The van der Waals surface area contributed by atoms with E-state index in [1.54, 1.807) is 0 Å². The van der Waals surface area contributed by atoms with Crippen molar-refractivity contribution in [1.29, 1.82) is 0 Å². The second-order valence-corrected chi connectivity index (χ2v) is 4.33. The Labute approximate surface area is 96.0 Å². The lowest BCUT2D eigenvalue weighted by molar-refractivity contribution is 0.0420. The van der Waals surface area contributed by atoms with Crippen LogP contribution in [-0.4, -0.2) is 42.0 Å². The number of hydrogen-bond acceptors (Lipinski definition) is 3. The zero-order chi connectivity index (χ0) is 11.1. The molecule has 15 heavy (non-hydrogen) atoms. The normalized spacial score (nSPS) is 20.6. The second-order valence-electron chi connectivity index (χ2n) is 4.13. The Morgan fingerprint density at radius 2 is 2.07 bits per heavy atom. The first-order valence-corrected chi connectivity index (χ1v) is 6.21. The Balaban J connectivity index is 2.04. The third-order valence-electron chi connectivity index (χ3n) is 3.13. The van der Waals surface area contributed by atoms with Crippen molar-refractivity contribution in [1.82, 2.24) is 0 Å².